The van der Waals surface area contributed by atoms with Crippen molar-refractivity contribution >= 4 is 11.5 Å². The van der Waals surface area contributed by atoms with E-state index in [9.17, 15) is 0 Å². The summed E-state index contributed by atoms with van der Waals surface area (Å²) in [6.45, 7) is 2.68. The Bertz CT molecular complexity index is 280. The van der Waals surface area contributed by atoms with Gasteiger partial charge in [0.25, 0.3) is 0 Å². The van der Waals surface area contributed by atoms with Gasteiger partial charge in [0, 0.05) is 19.1 Å². The maximum absolute atomic E-state index is 5.53. The van der Waals surface area contributed by atoms with Crippen molar-refractivity contribution in [3.05, 3.63) is 18.3 Å². The van der Waals surface area contributed by atoms with Gasteiger partial charge in [0.2, 0.25) is 0 Å². The highest BCUT2D eigenvalue weighted by Gasteiger charge is 2.14. The van der Waals surface area contributed by atoms with E-state index in [0.717, 1.165) is 32.0 Å². The first-order valence-corrected chi connectivity index (χ1v) is 4.88. The summed E-state index contributed by atoms with van der Waals surface area (Å²) in [5.74, 6) is 1.50. The minimum absolute atomic E-state index is 0.620. The fraction of sp³-hybridized carbons (Fsp3) is 0.500. The van der Waals surface area contributed by atoms with Crippen molar-refractivity contribution in [2.24, 2.45) is 5.92 Å². The Hall–Kier alpha value is -1.29. The van der Waals surface area contributed by atoms with Gasteiger partial charge in [-0.2, -0.15) is 0 Å². The van der Waals surface area contributed by atoms with Crippen LogP contribution in [0.5, 0.6) is 0 Å². The number of ether oxygens (including phenoxy) is 1. The van der Waals surface area contributed by atoms with Crippen molar-refractivity contribution in [2.45, 2.75) is 6.42 Å². The highest BCUT2D eigenvalue weighted by molar-refractivity contribution is 5.43. The maximum atomic E-state index is 5.53. The first kappa shape index (κ1) is 9.27. The number of rotatable bonds is 3. The first-order chi connectivity index (χ1) is 6.84. The summed E-state index contributed by atoms with van der Waals surface area (Å²) in [4.78, 5) is 4.16. The molecule has 4 heteroatoms. The highest BCUT2D eigenvalue weighted by atomic mass is 16.5. The lowest BCUT2D eigenvalue weighted by molar-refractivity contribution is 0.187. The first-order valence-electron chi connectivity index (χ1n) is 4.88. The zero-order valence-corrected chi connectivity index (χ0v) is 8.07. The molecular weight excluding hydrogens is 178 g/mol. The van der Waals surface area contributed by atoms with Crippen LogP contribution in [0.2, 0.25) is 0 Å². The maximum Gasteiger partial charge on any atom is 0.126 e. The van der Waals surface area contributed by atoms with Crippen LogP contribution in [-0.2, 0) is 4.74 Å². The van der Waals surface area contributed by atoms with E-state index in [0.29, 0.717) is 11.6 Å². The highest BCUT2D eigenvalue weighted by Crippen LogP contribution is 2.13. The monoisotopic (exact) mass is 193 g/mol. The Morgan fingerprint density at radius 1 is 1.57 bits per heavy atom. The van der Waals surface area contributed by atoms with E-state index in [2.05, 4.69) is 10.3 Å². The Labute approximate surface area is 83.5 Å². The molecule has 1 unspecified atom stereocenters. The molecule has 0 amide bonds. The molecule has 0 aromatic carbocycles. The molecule has 1 saturated heterocycles. The predicted molar refractivity (Wildman–Crippen MR) is 56.1 cm³/mol. The van der Waals surface area contributed by atoms with Gasteiger partial charge in [-0.1, -0.05) is 0 Å². The summed E-state index contributed by atoms with van der Waals surface area (Å²) in [5.41, 5.74) is 6.23. The molecule has 2 rings (SSSR count). The number of anilines is 2. The molecule has 1 aromatic heterocycles. The average molecular weight is 193 g/mol. The zero-order chi connectivity index (χ0) is 9.80. The third-order valence-electron chi connectivity index (χ3n) is 2.38. The molecule has 1 aromatic rings. The third kappa shape index (κ3) is 2.35. The van der Waals surface area contributed by atoms with Crippen molar-refractivity contribution in [1.29, 1.82) is 0 Å². The van der Waals surface area contributed by atoms with Gasteiger partial charge < -0.3 is 15.8 Å². The van der Waals surface area contributed by atoms with Crippen LogP contribution in [0.1, 0.15) is 6.42 Å². The van der Waals surface area contributed by atoms with E-state index < -0.39 is 0 Å². The number of nitrogens with one attached hydrogen (secondary N) is 1. The van der Waals surface area contributed by atoms with E-state index in [1.54, 1.807) is 6.20 Å². The van der Waals surface area contributed by atoms with E-state index in [1.165, 1.54) is 0 Å². The molecule has 1 aliphatic heterocycles. The topological polar surface area (TPSA) is 60.2 Å². The van der Waals surface area contributed by atoms with Gasteiger partial charge in [-0.05, 0) is 18.6 Å². The number of nitrogens with two attached hydrogens (primary N) is 1. The van der Waals surface area contributed by atoms with E-state index >= 15 is 0 Å². The lowest BCUT2D eigenvalue weighted by atomic mass is 10.1. The SMILES string of the molecule is Nc1ccc(NCC2CCOC2)nc1. The molecule has 0 spiro atoms. The van der Waals surface area contributed by atoms with Crippen LogP contribution in [0.25, 0.3) is 0 Å². The molecule has 1 aliphatic rings. The molecule has 0 radical (unpaired) electrons. The summed E-state index contributed by atoms with van der Waals surface area (Å²) < 4.78 is 5.28. The van der Waals surface area contributed by atoms with E-state index in [1.807, 2.05) is 12.1 Å². The van der Waals surface area contributed by atoms with Gasteiger partial charge >= 0.3 is 0 Å². The minimum Gasteiger partial charge on any atom is -0.397 e. The standard InChI is InChI=1S/C10H15N3O/c11-9-1-2-10(13-6-9)12-5-8-3-4-14-7-8/h1-2,6,8H,3-5,7,11H2,(H,12,13). The van der Waals surface area contributed by atoms with Crippen LogP contribution in [0.4, 0.5) is 11.5 Å². The molecule has 4 nitrogen and oxygen atoms in total. The summed E-state index contributed by atoms with van der Waals surface area (Å²) >= 11 is 0. The van der Waals surface area contributed by atoms with Crippen molar-refractivity contribution in [3.63, 3.8) is 0 Å². The molecule has 76 valence electrons. The molecule has 14 heavy (non-hydrogen) atoms. The fourth-order valence-electron chi connectivity index (χ4n) is 1.50. The molecule has 0 bridgehead atoms. The Balaban J connectivity index is 1.82. The Kier molecular flexibility index (Phi) is 2.84. The summed E-state index contributed by atoms with van der Waals surface area (Å²) in [7, 11) is 0. The molecule has 3 N–H and O–H groups in total. The molecule has 1 atom stereocenters. The van der Waals surface area contributed by atoms with Crippen molar-refractivity contribution in [3.8, 4) is 0 Å². The smallest absolute Gasteiger partial charge is 0.126 e. The largest absolute Gasteiger partial charge is 0.397 e. The summed E-state index contributed by atoms with van der Waals surface area (Å²) in [5, 5.41) is 3.27. The predicted octanol–water partition coefficient (Wildman–Crippen LogP) is 1.11. The van der Waals surface area contributed by atoms with Gasteiger partial charge in [0.15, 0.2) is 0 Å². The van der Waals surface area contributed by atoms with Crippen molar-refractivity contribution in [1.82, 2.24) is 4.98 Å². The summed E-state index contributed by atoms with van der Waals surface area (Å²) in [6, 6.07) is 3.74. The summed E-state index contributed by atoms with van der Waals surface area (Å²) in [6.07, 6.45) is 2.80. The second-order valence-electron chi connectivity index (χ2n) is 3.59. The molecular formula is C10H15N3O. The van der Waals surface area contributed by atoms with Crippen LogP contribution in [0, 0.1) is 5.92 Å². The second-order valence-corrected chi connectivity index (χ2v) is 3.59. The Morgan fingerprint density at radius 2 is 2.50 bits per heavy atom. The van der Waals surface area contributed by atoms with Gasteiger partial charge in [0.1, 0.15) is 5.82 Å². The average Bonchev–Trinajstić information content (AvgIpc) is 2.70. The van der Waals surface area contributed by atoms with Gasteiger partial charge in [-0.15, -0.1) is 0 Å². The van der Waals surface area contributed by atoms with Gasteiger partial charge in [0.05, 0.1) is 18.5 Å². The third-order valence-corrected chi connectivity index (χ3v) is 2.38. The lowest BCUT2D eigenvalue weighted by Gasteiger charge is -2.09. The van der Waals surface area contributed by atoms with E-state index in [4.69, 9.17) is 10.5 Å². The lowest BCUT2D eigenvalue weighted by Crippen LogP contribution is -2.14. The van der Waals surface area contributed by atoms with Crippen LogP contribution in [0.3, 0.4) is 0 Å². The normalized spacial score (nSPS) is 21.0. The van der Waals surface area contributed by atoms with Crippen LogP contribution in [0.15, 0.2) is 18.3 Å². The Morgan fingerprint density at radius 3 is 3.14 bits per heavy atom. The quantitative estimate of drug-likeness (QED) is 0.755. The number of nitrogen functional groups attached to an aromatic ring is 1. The fourth-order valence-corrected chi connectivity index (χ4v) is 1.50. The molecule has 0 aliphatic carbocycles. The minimum atomic E-state index is 0.620. The molecule has 1 fully saturated rings. The number of nitrogens with zero attached hydrogens (tertiary/aromatic N) is 1. The molecule has 0 saturated carbocycles. The van der Waals surface area contributed by atoms with Crippen molar-refractivity contribution < 1.29 is 4.74 Å². The van der Waals surface area contributed by atoms with Gasteiger partial charge in [-0.25, -0.2) is 4.98 Å². The van der Waals surface area contributed by atoms with Crippen LogP contribution < -0.4 is 11.1 Å². The van der Waals surface area contributed by atoms with E-state index in [-0.39, 0.29) is 0 Å². The van der Waals surface area contributed by atoms with Gasteiger partial charge in [-0.3, -0.25) is 0 Å². The van der Waals surface area contributed by atoms with Crippen molar-refractivity contribution in [2.75, 3.05) is 30.8 Å². The molecule has 2 heterocycles. The second kappa shape index (κ2) is 4.28. The number of hydrogen-bond donors (Lipinski definition) is 2. The number of pyridine rings is 1. The number of hydrogen-bond acceptors (Lipinski definition) is 4. The van der Waals surface area contributed by atoms with Crippen LogP contribution in [-0.4, -0.2) is 24.7 Å². The zero-order valence-electron chi connectivity index (χ0n) is 8.07. The number of aromatic nitrogens is 1. The van der Waals surface area contributed by atoms with Crippen LogP contribution >= 0.6 is 0 Å².